The molecule has 0 atom stereocenters. The van der Waals surface area contributed by atoms with E-state index in [0.29, 0.717) is 12.2 Å². The molecule has 1 aliphatic rings. The van der Waals surface area contributed by atoms with E-state index in [1.54, 1.807) is 29.3 Å². The smallest absolute Gasteiger partial charge is 0.326 e. The first-order chi connectivity index (χ1) is 10.6. The standard InChI is InChI=1S/C14H22N4O3S/c15-11-12-5-7-13(8-6-12)18(22(20)21)14(19)16-17-9-3-1-2-4-10-17/h5-8,22H,1-4,9-11,15H2,(H,16,19). The summed E-state index contributed by atoms with van der Waals surface area (Å²) in [5, 5.41) is 1.79. The number of hydrazine groups is 1. The second-order valence-electron chi connectivity index (χ2n) is 5.24. The van der Waals surface area contributed by atoms with Crippen molar-refractivity contribution >= 4 is 22.6 Å². The number of urea groups is 1. The van der Waals surface area contributed by atoms with Crippen molar-refractivity contribution in [3.05, 3.63) is 29.8 Å². The number of anilines is 1. The van der Waals surface area contributed by atoms with Gasteiger partial charge in [-0.15, -0.1) is 0 Å². The van der Waals surface area contributed by atoms with Crippen LogP contribution in [0.4, 0.5) is 10.5 Å². The molecule has 7 nitrogen and oxygen atoms in total. The molecule has 1 heterocycles. The van der Waals surface area contributed by atoms with E-state index in [1.165, 1.54) is 0 Å². The molecule has 0 unspecified atom stereocenters. The molecule has 0 saturated carbocycles. The molecule has 122 valence electrons. The summed E-state index contributed by atoms with van der Waals surface area (Å²) in [7, 11) is -3.06. The van der Waals surface area contributed by atoms with Crippen molar-refractivity contribution in [2.24, 2.45) is 5.73 Å². The molecule has 1 aliphatic heterocycles. The summed E-state index contributed by atoms with van der Waals surface area (Å²) in [4.78, 5) is 12.3. The summed E-state index contributed by atoms with van der Waals surface area (Å²) < 4.78 is 23.7. The number of carbonyl (C=O) groups is 1. The van der Waals surface area contributed by atoms with E-state index < -0.39 is 16.9 Å². The van der Waals surface area contributed by atoms with E-state index in [9.17, 15) is 13.2 Å². The minimum Gasteiger partial charge on any atom is -0.326 e. The Hall–Kier alpha value is -1.64. The predicted molar refractivity (Wildman–Crippen MR) is 85.7 cm³/mol. The highest BCUT2D eigenvalue weighted by atomic mass is 32.2. The fraction of sp³-hybridized carbons (Fsp3) is 0.500. The molecule has 1 fully saturated rings. The van der Waals surface area contributed by atoms with Crippen LogP contribution < -0.4 is 15.5 Å². The molecule has 1 aromatic carbocycles. The number of hydrogen-bond donors (Lipinski definition) is 3. The Morgan fingerprint density at radius 2 is 1.73 bits per heavy atom. The SMILES string of the molecule is NCc1ccc(N(C(=O)NN2CCCCCC2)[SH](=O)=O)cc1. The first-order valence-electron chi connectivity index (χ1n) is 7.41. The van der Waals surface area contributed by atoms with Crippen LogP contribution in [-0.2, 0) is 17.4 Å². The van der Waals surface area contributed by atoms with Crippen molar-refractivity contribution in [3.63, 3.8) is 0 Å². The van der Waals surface area contributed by atoms with Crippen LogP contribution in [0.25, 0.3) is 0 Å². The predicted octanol–water partition coefficient (Wildman–Crippen LogP) is 0.979. The zero-order valence-corrected chi connectivity index (χ0v) is 13.3. The van der Waals surface area contributed by atoms with E-state index in [1.807, 2.05) is 0 Å². The summed E-state index contributed by atoms with van der Waals surface area (Å²) in [5.74, 6) is 0. The van der Waals surface area contributed by atoms with E-state index in [4.69, 9.17) is 5.73 Å². The Morgan fingerprint density at radius 3 is 2.23 bits per heavy atom. The minimum absolute atomic E-state index is 0.306. The molecule has 0 aromatic heterocycles. The Morgan fingerprint density at radius 1 is 1.14 bits per heavy atom. The van der Waals surface area contributed by atoms with Crippen LogP contribution in [0.15, 0.2) is 24.3 Å². The van der Waals surface area contributed by atoms with Gasteiger partial charge >= 0.3 is 6.03 Å². The lowest BCUT2D eigenvalue weighted by atomic mass is 10.2. The van der Waals surface area contributed by atoms with Crippen molar-refractivity contribution < 1.29 is 13.2 Å². The summed E-state index contributed by atoms with van der Waals surface area (Å²) in [6.07, 6.45) is 4.25. The van der Waals surface area contributed by atoms with E-state index >= 15 is 0 Å². The Bertz CT molecular complexity index is 558. The number of benzene rings is 1. The quantitative estimate of drug-likeness (QED) is 0.717. The molecule has 1 aromatic rings. The molecule has 0 bridgehead atoms. The van der Waals surface area contributed by atoms with Gasteiger partial charge in [0.1, 0.15) is 0 Å². The second kappa shape index (κ2) is 8.11. The Kier molecular flexibility index (Phi) is 6.17. The summed E-state index contributed by atoms with van der Waals surface area (Å²) >= 11 is 0. The van der Waals surface area contributed by atoms with Crippen LogP contribution in [-0.4, -0.2) is 32.5 Å². The molecule has 1 saturated heterocycles. The maximum absolute atomic E-state index is 12.3. The van der Waals surface area contributed by atoms with Gasteiger partial charge in [0.05, 0.1) is 5.69 Å². The van der Waals surface area contributed by atoms with Gasteiger partial charge < -0.3 is 5.73 Å². The minimum atomic E-state index is -3.06. The number of carbonyl (C=O) groups excluding carboxylic acids is 1. The first-order valence-corrected chi connectivity index (χ1v) is 8.54. The first kappa shape index (κ1) is 16.7. The second-order valence-corrected chi connectivity index (χ2v) is 6.11. The largest absolute Gasteiger partial charge is 0.350 e. The molecular weight excluding hydrogens is 304 g/mol. The van der Waals surface area contributed by atoms with Crippen LogP contribution in [0.5, 0.6) is 0 Å². The normalized spacial score (nSPS) is 16.3. The Labute approximate surface area is 132 Å². The van der Waals surface area contributed by atoms with E-state index in [0.717, 1.165) is 48.6 Å². The lowest BCUT2D eigenvalue weighted by Gasteiger charge is -2.24. The van der Waals surface area contributed by atoms with Gasteiger partial charge in [-0.05, 0) is 30.5 Å². The topological polar surface area (TPSA) is 95.7 Å². The number of rotatable bonds is 4. The fourth-order valence-corrected chi connectivity index (χ4v) is 2.94. The Balaban J connectivity index is 2.10. The summed E-state index contributed by atoms with van der Waals surface area (Å²) in [6, 6.07) is 5.92. The van der Waals surface area contributed by atoms with Crippen LogP contribution >= 0.6 is 0 Å². The average Bonchev–Trinajstić information content (AvgIpc) is 2.76. The monoisotopic (exact) mass is 326 g/mol. The summed E-state index contributed by atoms with van der Waals surface area (Å²) in [6.45, 7) is 1.84. The highest BCUT2D eigenvalue weighted by Crippen LogP contribution is 2.16. The maximum Gasteiger partial charge on any atom is 0.350 e. The highest BCUT2D eigenvalue weighted by molar-refractivity contribution is 7.75. The third-order valence-electron chi connectivity index (χ3n) is 3.63. The molecule has 2 amide bonds. The molecule has 0 radical (unpaired) electrons. The molecule has 0 spiro atoms. The molecular formula is C14H22N4O3S. The van der Waals surface area contributed by atoms with E-state index in [2.05, 4.69) is 5.43 Å². The average molecular weight is 326 g/mol. The lowest BCUT2D eigenvalue weighted by Crippen LogP contribution is -2.49. The number of nitrogens with two attached hydrogens (primary N) is 1. The van der Waals surface area contributed by atoms with Crippen molar-refractivity contribution in [2.75, 3.05) is 17.4 Å². The van der Waals surface area contributed by atoms with Crippen LogP contribution in [0.2, 0.25) is 0 Å². The zero-order valence-electron chi connectivity index (χ0n) is 12.4. The van der Waals surface area contributed by atoms with Gasteiger partial charge in [0.15, 0.2) is 0 Å². The van der Waals surface area contributed by atoms with Crippen LogP contribution in [0.1, 0.15) is 31.2 Å². The number of amides is 2. The molecule has 8 heteroatoms. The van der Waals surface area contributed by atoms with Gasteiger partial charge in [-0.1, -0.05) is 25.0 Å². The molecule has 2 rings (SSSR count). The van der Waals surface area contributed by atoms with Crippen LogP contribution in [0, 0.1) is 0 Å². The number of nitrogens with zero attached hydrogens (tertiary/aromatic N) is 2. The third kappa shape index (κ3) is 4.43. The molecule has 22 heavy (non-hydrogen) atoms. The van der Waals surface area contributed by atoms with Crippen LogP contribution in [0.3, 0.4) is 0 Å². The van der Waals surface area contributed by atoms with Crippen molar-refractivity contribution in [1.82, 2.24) is 10.4 Å². The van der Waals surface area contributed by atoms with Gasteiger partial charge in [0.2, 0.25) is 10.9 Å². The van der Waals surface area contributed by atoms with Crippen molar-refractivity contribution in [3.8, 4) is 0 Å². The van der Waals surface area contributed by atoms with E-state index in [-0.39, 0.29) is 0 Å². The lowest BCUT2D eigenvalue weighted by molar-refractivity contribution is 0.187. The van der Waals surface area contributed by atoms with Gasteiger partial charge in [-0.3, -0.25) is 5.43 Å². The fourth-order valence-electron chi connectivity index (χ4n) is 2.42. The summed E-state index contributed by atoms with van der Waals surface area (Å²) in [5.41, 5.74) is 9.37. The van der Waals surface area contributed by atoms with Gasteiger partial charge in [-0.25, -0.2) is 18.2 Å². The third-order valence-corrected chi connectivity index (χ3v) is 4.37. The number of thiol groups is 1. The van der Waals surface area contributed by atoms with Gasteiger partial charge in [0.25, 0.3) is 0 Å². The number of nitrogens with one attached hydrogen (secondary N) is 1. The van der Waals surface area contributed by atoms with Gasteiger partial charge in [0, 0.05) is 19.6 Å². The zero-order chi connectivity index (χ0) is 15.9. The molecule has 0 aliphatic carbocycles. The maximum atomic E-state index is 12.3. The highest BCUT2D eigenvalue weighted by Gasteiger charge is 2.21. The number of hydrogen-bond acceptors (Lipinski definition) is 5. The van der Waals surface area contributed by atoms with Crippen molar-refractivity contribution in [1.29, 1.82) is 0 Å². The van der Waals surface area contributed by atoms with Gasteiger partial charge in [-0.2, -0.15) is 4.31 Å². The van der Waals surface area contributed by atoms with Crippen molar-refractivity contribution in [2.45, 2.75) is 32.2 Å². The molecule has 3 N–H and O–H groups in total.